The van der Waals surface area contributed by atoms with Gasteiger partial charge in [0.1, 0.15) is 6.10 Å². The highest BCUT2D eigenvalue weighted by Gasteiger charge is 2.25. The van der Waals surface area contributed by atoms with E-state index < -0.39 is 20.9 Å². The molecule has 0 heterocycles. The van der Waals surface area contributed by atoms with Crippen LogP contribution in [0.3, 0.4) is 0 Å². The summed E-state index contributed by atoms with van der Waals surface area (Å²) in [4.78, 5) is 33.9. The van der Waals surface area contributed by atoms with Gasteiger partial charge in [-0.1, -0.05) is 65.2 Å². The summed E-state index contributed by atoms with van der Waals surface area (Å²) in [6.45, 7) is 4.31. The molecule has 0 aliphatic carbocycles. The molecule has 0 amide bonds. The van der Waals surface area contributed by atoms with Crippen LogP contribution in [-0.4, -0.2) is 53.9 Å². The molecule has 0 aromatic heterocycles. The second-order valence-corrected chi connectivity index (χ2v) is 12.2. The fraction of sp³-hybridized carbons (Fsp3) is 0.724. The van der Waals surface area contributed by atoms with Gasteiger partial charge in [0.15, 0.2) is 0 Å². The molecule has 0 unspecified atom stereocenters. The summed E-state index contributed by atoms with van der Waals surface area (Å²) in [5, 5.41) is 19.9. The van der Waals surface area contributed by atoms with Gasteiger partial charge in [-0.15, -0.1) is 0 Å². The number of carboxylic acids is 1. The molecule has 0 radical (unpaired) electrons. The maximum atomic E-state index is 13.2. The molecule has 0 saturated heterocycles. The topological polar surface area (TPSA) is 144 Å². The fourth-order valence-electron chi connectivity index (χ4n) is 4.51. The zero-order valence-electron chi connectivity index (χ0n) is 24.2. The summed E-state index contributed by atoms with van der Waals surface area (Å²) in [6, 6.07) is 4.56. The van der Waals surface area contributed by atoms with Gasteiger partial charge in [-0.05, 0) is 50.7 Å². The van der Waals surface area contributed by atoms with E-state index in [0.29, 0.717) is 0 Å². The van der Waals surface area contributed by atoms with Gasteiger partial charge in [0.2, 0.25) is 10.0 Å². The second-order valence-electron chi connectivity index (χ2n) is 10.3. The van der Waals surface area contributed by atoms with Crippen LogP contribution < -0.4 is 0 Å². The van der Waals surface area contributed by atoms with E-state index in [2.05, 4.69) is 13.8 Å². The minimum Gasteiger partial charge on any atom is -0.481 e. The lowest BCUT2D eigenvalue weighted by molar-refractivity contribution is -0.384. The van der Waals surface area contributed by atoms with E-state index in [1.54, 1.807) is 0 Å². The van der Waals surface area contributed by atoms with Crippen LogP contribution in [0.4, 0.5) is 5.69 Å². The first-order chi connectivity index (χ1) is 19.1. The smallest absolute Gasteiger partial charge is 0.306 e. The zero-order chi connectivity index (χ0) is 29.8. The number of nitro benzene ring substituents is 1. The Hall–Kier alpha value is -2.53. The van der Waals surface area contributed by atoms with Crippen molar-refractivity contribution in [2.45, 2.75) is 128 Å². The van der Waals surface area contributed by atoms with Gasteiger partial charge in [0.05, 0.1) is 9.82 Å². The molecule has 11 heteroatoms. The van der Waals surface area contributed by atoms with Crippen LogP contribution in [0, 0.1) is 10.1 Å². The fourth-order valence-corrected chi connectivity index (χ4v) is 6.02. The standard InChI is InChI=1S/C29H48N2O8S/c1-3-5-7-9-11-15-26(16-12-10-8-6-4-2)39-29(34)18-14-24-30(23-13-17-28(32)33)40(37,38)27-21-19-25(20-22-27)31(35)36/h19-22,26H,3-18,23-24H2,1-2H3,(H,32,33). The van der Waals surface area contributed by atoms with E-state index >= 15 is 0 Å². The van der Waals surface area contributed by atoms with Crippen LogP contribution in [0.5, 0.6) is 0 Å². The summed E-state index contributed by atoms with van der Waals surface area (Å²) < 4.78 is 33.4. The average Bonchev–Trinajstić information content (AvgIpc) is 2.91. The molecule has 0 fully saturated rings. The van der Waals surface area contributed by atoms with Crippen LogP contribution in [0.25, 0.3) is 0 Å². The molecule has 0 aliphatic rings. The molecule has 0 atom stereocenters. The number of nitro groups is 1. The quantitative estimate of drug-likeness (QED) is 0.0600. The number of benzene rings is 1. The largest absolute Gasteiger partial charge is 0.481 e. The van der Waals surface area contributed by atoms with E-state index in [9.17, 15) is 28.1 Å². The minimum absolute atomic E-state index is 0.00669. The van der Waals surface area contributed by atoms with Crippen LogP contribution >= 0.6 is 0 Å². The summed E-state index contributed by atoms with van der Waals surface area (Å²) >= 11 is 0. The van der Waals surface area contributed by atoms with Crippen molar-refractivity contribution < 1.29 is 32.8 Å². The number of rotatable bonds is 24. The molecular formula is C29H48N2O8S. The van der Waals surface area contributed by atoms with E-state index in [1.807, 2.05) is 0 Å². The monoisotopic (exact) mass is 584 g/mol. The number of unbranched alkanes of at least 4 members (excludes halogenated alkanes) is 8. The lowest BCUT2D eigenvalue weighted by Gasteiger charge is -2.22. The number of nitrogens with zero attached hydrogens (tertiary/aromatic N) is 2. The Balaban J connectivity index is 2.75. The SMILES string of the molecule is CCCCCCCC(CCCCCCC)OC(=O)CCCN(CCCC(=O)O)S(=O)(=O)c1ccc([N+](=O)[O-])cc1. The average molecular weight is 585 g/mol. The molecule has 0 aliphatic heterocycles. The van der Waals surface area contributed by atoms with Gasteiger partial charge in [0, 0.05) is 38.1 Å². The van der Waals surface area contributed by atoms with Gasteiger partial charge in [0.25, 0.3) is 5.69 Å². The van der Waals surface area contributed by atoms with E-state index in [-0.39, 0.29) is 61.4 Å². The van der Waals surface area contributed by atoms with Gasteiger partial charge in [-0.3, -0.25) is 19.7 Å². The number of carbonyl (C=O) groups is 2. The molecule has 1 aromatic carbocycles. The molecule has 0 saturated carbocycles. The van der Waals surface area contributed by atoms with Crippen molar-refractivity contribution in [2.24, 2.45) is 0 Å². The molecule has 0 bridgehead atoms. The maximum absolute atomic E-state index is 13.2. The summed E-state index contributed by atoms with van der Waals surface area (Å²) in [6.07, 6.45) is 13.0. The Morgan fingerprint density at radius 3 is 1.82 bits per heavy atom. The molecule has 1 aromatic rings. The van der Waals surface area contributed by atoms with Crippen molar-refractivity contribution in [3.63, 3.8) is 0 Å². The van der Waals surface area contributed by atoms with Gasteiger partial charge in [-0.25, -0.2) is 8.42 Å². The first kappa shape index (κ1) is 35.5. The van der Waals surface area contributed by atoms with E-state index in [0.717, 1.165) is 67.1 Å². The van der Waals surface area contributed by atoms with Crippen molar-refractivity contribution in [1.29, 1.82) is 0 Å². The Morgan fingerprint density at radius 1 is 0.850 bits per heavy atom. The molecule has 1 N–H and O–H groups in total. The molecule has 10 nitrogen and oxygen atoms in total. The third-order valence-electron chi connectivity index (χ3n) is 6.83. The normalized spacial score (nSPS) is 11.7. The number of non-ortho nitro benzene ring substituents is 1. The molecule has 0 spiro atoms. The Labute approximate surface area is 239 Å². The molecule has 40 heavy (non-hydrogen) atoms. The lowest BCUT2D eigenvalue weighted by atomic mass is 10.0. The molecular weight excluding hydrogens is 536 g/mol. The number of sulfonamides is 1. The van der Waals surface area contributed by atoms with Crippen molar-refractivity contribution in [1.82, 2.24) is 4.31 Å². The van der Waals surface area contributed by atoms with E-state index in [1.165, 1.54) is 38.5 Å². The molecule has 1 rings (SSSR count). The zero-order valence-corrected chi connectivity index (χ0v) is 25.0. The number of carboxylic acid groups (broad SMARTS) is 1. The second kappa shape index (κ2) is 20.4. The van der Waals surface area contributed by atoms with Gasteiger partial charge >= 0.3 is 11.9 Å². The minimum atomic E-state index is -4.04. The van der Waals surface area contributed by atoms with Crippen molar-refractivity contribution in [3.05, 3.63) is 34.4 Å². The predicted molar refractivity (Wildman–Crippen MR) is 155 cm³/mol. The summed E-state index contributed by atoms with van der Waals surface area (Å²) in [5.74, 6) is -1.39. The van der Waals surface area contributed by atoms with Crippen molar-refractivity contribution in [3.8, 4) is 0 Å². The third kappa shape index (κ3) is 14.7. The highest BCUT2D eigenvalue weighted by atomic mass is 32.2. The van der Waals surface area contributed by atoms with Crippen LogP contribution in [0.15, 0.2) is 29.2 Å². The first-order valence-corrected chi connectivity index (χ1v) is 16.2. The van der Waals surface area contributed by atoms with Crippen LogP contribution in [0.2, 0.25) is 0 Å². The Bertz CT molecular complexity index is 968. The van der Waals surface area contributed by atoms with Crippen LogP contribution in [-0.2, 0) is 24.3 Å². The predicted octanol–water partition coefficient (Wildman–Crippen LogP) is 6.86. The number of ether oxygens (including phenoxy) is 1. The number of carbonyl (C=O) groups excluding carboxylic acids is 1. The third-order valence-corrected chi connectivity index (χ3v) is 8.74. The number of esters is 1. The van der Waals surface area contributed by atoms with Gasteiger partial charge in [-0.2, -0.15) is 4.31 Å². The lowest BCUT2D eigenvalue weighted by Crippen LogP contribution is -2.33. The number of hydrogen-bond donors (Lipinski definition) is 1. The van der Waals surface area contributed by atoms with E-state index in [4.69, 9.17) is 9.84 Å². The van der Waals surface area contributed by atoms with Crippen molar-refractivity contribution >= 4 is 27.6 Å². The Morgan fingerprint density at radius 2 is 1.35 bits per heavy atom. The highest BCUT2D eigenvalue weighted by Crippen LogP contribution is 2.21. The molecule has 228 valence electrons. The van der Waals surface area contributed by atoms with Crippen molar-refractivity contribution in [2.75, 3.05) is 13.1 Å². The number of hydrogen-bond acceptors (Lipinski definition) is 7. The maximum Gasteiger partial charge on any atom is 0.306 e. The highest BCUT2D eigenvalue weighted by molar-refractivity contribution is 7.89. The van der Waals surface area contributed by atoms with Gasteiger partial charge < -0.3 is 9.84 Å². The summed E-state index contributed by atoms with van der Waals surface area (Å²) in [7, 11) is -4.04. The first-order valence-electron chi connectivity index (χ1n) is 14.8. The summed E-state index contributed by atoms with van der Waals surface area (Å²) in [5.41, 5.74) is -0.232. The van der Waals surface area contributed by atoms with Crippen LogP contribution in [0.1, 0.15) is 117 Å². The Kier molecular flexibility index (Phi) is 18.1. The number of aliphatic carboxylic acids is 1.